The van der Waals surface area contributed by atoms with Gasteiger partial charge in [-0.1, -0.05) is 0 Å². The standard InChI is InChI=1S/C13H8F4N2O2S/c14-5-2-6(15)10(17)8(9(5)16)4-1-7-11(12(20)21)18-13(22)19(7)3-4/h2,4H,1,3H2,(H,18,22)(H,20,21). The summed E-state index contributed by atoms with van der Waals surface area (Å²) < 4.78 is 55.7. The molecule has 1 aromatic carbocycles. The molecule has 1 aromatic heterocycles. The van der Waals surface area contributed by atoms with Crippen molar-refractivity contribution >= 4 is 18.2 Å². The number of aromatic amines is 1. The van der Waals surface area contributed by atoms with E-state index < -0.39 is 40.7 Å². The normalized spacial score (nSPS) is 16.8. The Hall–Kier alpha value is -2.16. The van der Waals surface area contributed by atoms with Crippen molar-refractivity contribution in [2.75, 3.05) is 0 Å². The summed E-state index contributed by atoms with van der Waals surface area (Å²) in [6, 6.07) is 0.137. The number of carbonyl (C=O) groups is 1. The first-order chi connectivity index (χ1) is 10.3. The molecule has 2 aromatic rings. The van der Waals surface area contributed by atoms with Gasteiger partial charge in [0, 0.05) is 24.1 Å². The summed E-state index contributed by atoms with van der Waals surface area (Å²) in [5.41, 5.74) is -0.678. The first kappa shape index (κ1) is 14.8. The van der Waals surface area contributed by atoms with Crippen molar-refractivity contribution < 1.29 is 27.5 Å². The van der Waals surface area contributed by atoms with E-state index in [1.54, 1.807) is 0 Å². The predicted octanol–water partition coefficient (Wildman–Crippen LogP) is 3.14. The summed E-state index contributed by atoms with van der Waals surface area (Å²) >= 11 is 4.95. The van der Waals surface area contributed by atoms with Crippen molar-refractivity contribution in [1.29, 1.82) is 0 Å². The molecular weight excluding hydrogens is 324 g/mol. The molecule has 0 saturated heterocycles. The number of nitrogens with zero attached hydrogens (tertiary/aromatic N) is 1. The van der Waals surface area contributed by atoms with Gasteiger partial charge >= 0.3 is 5.97 Å². The molecule has 22 heavy (non-hydrogen) atoms. The van der Waals surface area contributed by atoms with Crippen molar-refractivity contribution in [3.8, 4) is 0 Å². The highest BCUT2D eigenvalue weighted by Gasteiger charge is 2.34. The van der Waals surface area contributed by atoms with Gasteiger partial charge in [-0.2, -0.15) is 0 Å². The quantitative estimate of drug-likeness (QED) is 0.505. The second-order valence-corrected chi connectivity index (χ2v) is 5.34. The largest absolute Gasteiger partial charge is 0.477 e. The Morgan fingerprint density at radius 2 is 1.86 bits per heavy atom. The smallest absolute Gasteiger partial charge is 0.354 e. The van der Waals surface area contributed by atoms with Crippen LogP contribution in [0.1, 0.15) is 27.7 Å². The van der Waals surface area contributed by atoms with Crippen LogP contribution in [0.2, 0.25) is 0 Å². The number of H-pyrrole nitrogens is 1. The Kier molecular flexibility index (Phi) is 3.32. The second kappa shape index (κ2) is 4.94. The van der Waals surface area contributed by atoms with Gasteiger partial charge in [-0.15, -0.1) is 0 Å². The van der Waals surface area contributed by atoms with Gasteiger partial charge in [-0.3, -0.25) is 0 Å². The van der Waals surface area contributed by atoms with Crippen LogP contribution in [0.25, 0.3) is 0 Å². The number of imidazole rings is 1. The number of carboxylic acid groups (broad SMARTS) is 1. The highest BCUT2D eigenvalue weighted by atomic mass is 32.1. The molecule has 116 valence electrons. The highest BCUT2D eigenvalue weighted by Crippen LogP contribution is 2.35. The molecule has 0 radical (unpaired) electrons. The van der Waals surface area contributed by atoms with Crippen LogP contribution in [0.4, 0.5) is 17.6 Å². The number of hydrogen-bond acceptors (Lipinski definition) is 2. The Balaban J connectivity index is 2.10. The third-order valence-electron chi connectivity index (χ3n) is 3.70. The van der Waals surface area contributed by atoms with Gasteiger partial charge in [0.15, 0.2) is 28.0 Å². The van der Waals surface area contributed by atoms with Crippen LogP contribution in [0.15, 0.2) is 6.07 Å². The summed E-state index contributed by atoms with van der Waals surface area (Å²) in [4.78, 5) is 13.6. The summed E-state index contributed by atoms with van der Waals surface area (Å²) in [6.07, 6.45) is -0.0918. The van der Waals surface area contributed by atoms with E-state index in [1.807, 2.05) is 0 Å². The second-order valence-electron chi connectivity index (χ2n) is 4.95. The van der Waals surface area contributed by atoms with E-state index in [2.05, 4.69) is 4.98 Å². The molecule has 1 aliphatic rings. The average molecular weight is 332 g/mol. The van der Waals surface area contributed by atoms with Crippen LogP contribution in [-0.4, -0.2) is 20.6 Å². The van der Waals surface area contributed by atoms with E-state index in [9.17, 15) is 22.4 Å². The monoisotopic (exact) mass is 332 g/mol. The Bertz CT molecular complexity index is 832. The molecule has 0 bridgehead atoms. The van der Waals surface area contributed by atoms with Crippen molar-refractivity contribution in [2.24, 2.45) is 0 Å². The van der Waals surface area contributed by atoms with E-state index in [0.717, 1.165) is 0 Å². The highest BCUT2D eigenvalue weighted by molar-refractivity contribution is 7.71. The van der Waals surface area contributed by atoms with Crippen LogP contribution in [0.3, 0.4) is 0 Å². The zero-order chi connectivity index (χ0) is 16.2. The number of rotatable bonds is 2. The predicted molar refractivity (Wildman–Crippen MR) is 69.3 cm³/mol. The van der Waals surface area contributed by atoms with Crippen molar-refractivity contribution in [2.45, 2.75) is 18.9 Å². The third-order valence-corrected chi connectivity index (χ3v) is 4.02. The SMILES string of the molecule is O=C(O)c1[nH]c(=S)n2c1CC(c1c(F)c(F)cc(F)c1F)C2. The molecular formula is C13H8F4N2O2S. The Labute approximate surface area is 126 Å². The lowest BCUT2D eigenvalue weighted by atomic mass is 9.95. The summed E-state index contributed by atoms with van der Waals surface area (Å²) in [6.45, 7) is -0.0608. The number of aromatic nitrogens is 2. The number of nitrogens with one attached hydrogen (secondary N) is 1. The molecule has 0 aliphatic carbocycles. The van der Waals surface area contributed by atoms with Crippen LogP contribution in [0.5, 0.6) is 0 Å². The first-order valence-electron chi connectivity index (χ1n) is 6.19. The maximum absolute atomic E-state index is 13.8. The molecule has 9 heteroatoms. The molecule has 1 aliphatic heterocycles. The molecule has 0 saturated carbocycles. The van der Waals surface area contributed by atoms with E-state index in [4.69, 9.17) is 17.3 Å². The van der Waals surface area contributed by atoms with E-state index in [1.165, 1.54) is 4.57 Å². The van der Waals surface area contributed by atoms with Gasteiger partial charge in [0.25, 0.3) is 0 Å². The van der Waals surface area contributed by atoms with E-state index in [0.29, 0.717) is 0 Å². The Morgan fingerprint density at radius 3 is 2.41 bits per heavy atom. The molecule has 1 atom stereocenters. The molecule has 0 fully saturated rings. The van der Waals surface area contributed by atoms with Crippen molar-refractivity contribution in [1.82, 2.24) is 9.55 Å². The number of carboxylic acids is 1. The molecule has 4 nitrogen and oxygen atoms in total. The van der Waals surface area contributed by atoms with Crippen LogP contribution < -0.4 is 0 Å². The topological polar surface area (TPSA) is 58.0 Å². The number of benzene rings is 1. The van der Waals surface area contributed by atoms with Crippen molar-refractivity contribution in [3.05, 3.63) is 51.1 Å². The minimum Gasteiger partial charge on any atom is -0.477 e. The van der Waals surface area contributed by atoms with Crippen LogP contribution >= 0.6 is 12.2 Å². The molecule has 0 spiro atoms. The third kappa shape index (κ3) is 2.04. The fraction of sp³-hybridized carbons (Fsp3) is 0.231. The van der Waals surface area contributed by atoms with E-state index in [-0.39, 0.29) is 35.2 Å². The van der Waals surface area contributed by atoms with E-state index >= 15 is 0 Å². The molecule has 2 N–H and O–H groups in total. The zero-order valence-corrected chi connectivity index (χ0v) is 11.6. The van der Waals surface area contributed by atoms with Crippen molar-refractivity contribution in [3.63, 3.8) is 0 Å². The van der Waals surface area contributed by atoms with Crippen LogP contribution in [0, 0.1) is 28.0 Å². The maximum atomic E-state index is 13.8. The Morgan fingerprint density at radius 1 is 1.27 bits per heavy atom. The average Bonchev–Trinajstić information content (AvgIpc) is 2.98. The number of aromatic carboxylic acids is 1. The summed E-state index contributed by atoms with van der Waals surface area (Å²) in [7, 11) is 0. The van der Waals surface area contributed by atoms with Gasteiger partial charge in [0.2, 0.25) is 0 Å². The lowest BCUT2D eigenvalue weighted by Gasteiger charge is -2.13. The molecule has 3 rings (SSSR count). The van der Waals surface area contributed by atoms with Gasteiger partial charge in [-0.05, 0) is 18.6 Å². The van der Waals surface area contributed by atoms with Gasteiger partial charge in [0.05, 0.1) is 5.69 Å². The fourth-order valence-corrected chi connectivity index (χ4v) is 3.03. The van der Waals surface area contributed by atoms with Gasteiger partial charge in [0.1, 0.15) is 5.69 Å². The lowest BCUT2D eigenvalue weighted by molar-refractivity contribution is 0.0689. The maximum Gasteiger partial charge on any atom is 0.354 e. The van der Waals surface area contributed by atoms with Crippen LogP contribution in [-0.2, 0) is 13.0 Å². The minimum atomic E-state index is -1.49. The zero-order valence-electron chi connectivity index (χ0n) is 10.8. The first-order valence-corrected chi connectivity index (χ1v) is 6.60. The number of fused-ring (bicyclic) bond motifs is 1. The molecule has 1 unspecified atom stereocenters. The molecule has 2 heterocycles. The van der Waals surface area contributed by atoms with Gasteiger partial charge in [-0.25, -0.2) is 22.4 Å². The summed E-state index contributed by atoms with van der Waals surface area (Å²) in [5, 5.41) is 9.06. The van der Waals surface area contributed by atoms with Gasteiger partial charge < -0.3 is 14.7 Å². The lowest BCUT2D eigenvalue weighted by Crippen LogP contribution is -2.11. The number of halogens is 4. The minimum absolute atomic E-state index is 0.0608. The molecule has 0 amide bonds. The number of hydrogen-bond donors (Lipinski definition) is 2. The fourth-order valence-electron chi connectivity index (χ4n) is 2.75. The summed E-state index contributed by atoms with van der Waals surface area (Å²) in [5.74, 6) is -8.13.